The van der Waals surface area contributed by atoms with E-state index in [1.54, 1.807) is 12.1 Å². The van der Waals surface area contributed by atoms with Gasteiger partial charge in [0.05, 0.1) is 30.0 Å². The molecule has 130 valence electrons. The molecule has 4 unspecified atom stereocenters. The number of likely N-dealkylation sites (tertiary alicyclic amines) is 1. The molecular weight excluding hydrogens is 326 g/mol. The summed E-state index contributed by atoms with van der Waals surface area (Å²) in [6.07, 6.45) is 0. The number of carbonyl (C=O) groups excluding carboxylic acids is 2. The highest BCUT2D eigenvalue weighted by Gasteiger charge is 2.57. The van der Waals surface area contributed by atoms with Gasteiger partial charge in [0.25, 0.3) is 0 Å². The van der Waals surface area contributed by atoms with Gasteiger partial charge in [-0.2, -0.15) is 5.26 Å². The minimum Gasteiger partial charge on any atom is -0.306 e. The molecule has 0 bridgehead atoms. The van der Waals surface area contributed by atoms with Crippen LogP contribution in [-0.2, 0) is 16.1 Å². The maximum atomic E-state index is 13.1. The molecular formula is C21H19N3O2. The van der Waals surface area contributed by atoms with Gasteiger partial charge in [0, 0.05) is 12.1 Å². The third-order valence-corrected chi connectivity index (χ3v) is 5.41. The van der Waals surface area contributed by atoms with Crippen molar-refractivity contribution in [3.63, 3.8) is 0 Å². The van der Waals surface area contributed by atoms with Crippen molar-refractivity contribution in [1.82, 2.24) is 10.2 Å². The van der Waals surface area contributed by atoms with Crippen molar-refractivity contribution in [1.29, 1.82) is 5.26 Å². The first-order valence-electron chi connectivity index (χ1n) is 8.75. The molecule has 2 aromatic carbocycles. The van der Waals surface area contributed by atoms with Crippen molar-refractivity contribution in [2.75, 3.05) is 0 Å². The van der Waals surface area contributed by atoms with Gasteiger partial charge in [0.1, 0.15) is 0 Å². The van der Waals surface area contributed by atoms with Gasteiger partial charge >= 0.3 is 0 Å². The Morgan fingerprint density at radius 1 is 1.00 bits per heavy atom. The van der Waals surface area contributed by atoms with Gasteiger partial charge in [-0.05, 0) is 30.2 Å². The van der Waals surface area contributed by atoms with Crippen LogP contribution in [0.5, 0.6) is 0 Å². The maximum Gasteiger partial charge on any atom is 0.235 e. The molecule has 0 saturated carbocycles. The highest BCUT2D eigenvalue weighted by molar-refractivity contribution is 6.06. The van der Waals surface area contributed by atoms with Crippen LogP contribution in [0.2, 0.25) is 0 Å². The molecule has 2 heterocycles. The van der Waals surface area contributed by atoms with Crippen LogP contribution >= 0.6 is 0 Å². The van der Waals surface area contributed by atoms with E-state index in [9.17, 15) is 9.59 Å². The van der Waals surface area contributed by atoms with Gasteiger partial charge in [-0.3, -0.25) is 14.5 Å². The smallest absolute Gasteiger partial charge is 0.235 e. The highest BCUT2D eigenvalue weighted by atomic mass is 16.2. The number of carbonyl (C=O) groups is 2. The molecule has 0 aliphatic carbocycles. The molecule has 26 heavy (non-hydrogen) atoms. The summed E-state index contributed by atoms with van der Waals surface area (Å²) in [5.41, 5.74) is 2.46. The number of hydrogen-bond acceptors (Lipinski definition) is 4. The number of benzene rings is 2. The second kappa shape index (κ2) is 6.40. The topological polar surface area (TPSA) is 73.2 Å². The lowest BCUT2D eigenvalue weighted by molar-refractivity contribution is -0.141. The van der Waals surface area contributed by atoms with Crippen molar-refractivity contribution in [3.05, 3.63) is 71.3 Å². The Kier molecular flexibility index (Phi) is 4.06. The van der Waals surface area contributed by atoms with Crippen LogP contribution in [0.3, 0.4) is 0 Å². The minimum atomic E-state index is -0.394. The first-order valence-corrected chi connectivity index (χ1v) is 8.75. The Balaban J connectivity index is 1.63. The maximum absolute atomic E-state index is 13.1. The van der Waals surface area contributed by atoms with E-state index in [1.807, 2.05) is 49.4 Å². The van der Waals surface area contributed by atoms with Crippen LogP contribution in [0.4, 0.5) is 0 Å². The zero-order valence-corrected chi connectivity index (χ0v) is 14.4. The Morgan fingerprint density at radius 2 is 1.65 bits per heavy atom. The lowest BCUT2D eigenvalue weighted by atomic mass is 9.87. The van der Waals surface area contributed by atoms with Crippen molar-refractivity contribution in [3.8, 4) is 6.07 Å². The first kappa shape index (κ1) is 16.5. The summed E-state index contributed by atoms with van der Waals surface area (Å²) in [6, 6.07) is 18.6. The molecule has 0 aromatic heterocycles. The van der Waals surface area contributed by atoms with Crippen LogP contribution in [0.15, 0.2) is 54.6 Å². The van der Waals surface area contributed by atoms with Crippen LogP contribution in [0.25, 0.3) is 0 Å². The Labute approximate surface area is 152 Å². The third-order valence-electron chi connectivity index (χ3n) is 5.41. The molecule has 0 spiro atoms. The highest BCUT2D eigenvalue weighted by Crippen LogP contribution is 2.44. The van der Waals surface area contributed by atoms with E-state index in [1.165, 1.54) is 4.90 Å². The summed E-state index contributed by atoms with van der Waals surface area (Å²) in [5, 5.41) is 12.4. The van der Waals surface area contributed by atoms with Crippen LogP contribution < -0.4 is 5.32 Å². The fraction of sp³-hybridized carbons (Fsp3) is 0.286. The van der Waals surface area contributed by atoms with Crippen molar-refractivity contribution in [2.24, 2.45) is 11.8 Å². The van der Waals surface area contributed by atoms with E-state index >= 15 is 0 Å². The normalized spacial score (nSPS) is 27.5. The number of fused-ring (bicyclic) bond motifs is 1. The summed E-state index contributed by atoms with van der Waals surface area (Å²) < 4.78 is 0. The number of nitrogens with zero attached hydrogens (tertiary/aromatic N) is 2. The van der Waals surface area contributed by atoms with Crippen molar-refractivity contribution >= 4 is 11.8 Å². The number of nitriles is 1. The van der Waals surface area contributed by atoms with E-state index < -0.39 is 5.92 Å². The Morgan fingerprint density at radius 3 is 2.31 bits per heavy atom. The quantitative estimate of drug-likeness (QED) is 0.867. The number of nitrogens with one attached hydrogen (secondary N) is 1. The molecule has 1 N–H and O–H groups in total. The molecule has 2 aliphatic heterocycles. The molecule has 2 saturated heterocycles. The Hall–Kier alpha value is -2.97. The molecule has 5 heteroatoms. The van der Waals surface area contributed by atoms with Crippen LogP contribution in [0.1, 0.15) is 29.7 Å². The van der Waals surface area contributed by atoms with Crippen molar-refractivity contribution in [2.45, 2.75) is 25.6 Å². The van der Waals surface area contributed by atoms with Gasteiger partial charge in [-0.25, -0.2) is 0 Å². The monoisotopic (exact) mass is 345 g/mol. The first-order chi connectivity index (χ1) is 12.6. The lowest BCUT2D eigenvalue weighted by Gasteiger charge is -2.21. The summed E-state index contributed by atoms with van der Waals surface area (Å²) >= 11 is 0. The molecule has 4 atom stereocenters. The largest absolute Gasteiger partial charge is 0.306 e. The second-order valence-corrected chi connectivity index (χ2v) is 6.97. The predicted octanol–water partition coefficient (Wildman–Crippen LogP) is 2.39. The lowest BCUT2D eigenvalue weighted by Crippen LogP contribution is -2.37. The Bertz CT molecular complexity index is 886. The summed E-state index contributed by atoms with van der Waals surface area (Å²) in [6.45, 7) is 2.27. The molecule has 4 rings (SSSR count). The van der Waals surface area contributed by atoms with E-state index in [-0.39, 0.29) is 29.8 Å². The SMILES string of the molecule is CC1NC(c2ccc(C#N)cc2)C2C(=O)N(Cc3ccccc3)C(=O)C12. The fourth-order valence-electron chi connectivity index (χ4n) is 4.13. The van der Waals surface area contributed by atoms with E-state index in [2.05, 4.69) is 11.4 Å². The molecule has 5 nitrogen and oxygen atoms in total. The molecule has 2 aromatic rings. The summed E-state index contributed by atoms with van der Waals surface area (Å²) in [4.78, 5) is 27.4. The van der Waals surface area contributed by atoms with Crippen molar-refractivity contribution < 1.29 is 9.59 Å². The molecule has 2 fully saturated rings. The number of amides is 2. The van der Waals surface area contributed by atoms with Gasteiger partial charge in [-0.15, -0.1) is 0 Å². The van der Waals surface area contributed by atoms with Gasteiger partial charge in [-0.1, -0.05) is 42.5 Å². The summed E-state index contributed by atoms with van der Waals surface area (Å²) in [7, 11) is 0. The van der Waals surface area contributed by atoms with E-state index in [0.29, 0.717) is 12.1 Å². The van der Waals surface area contributed by atoms with Gasteiger partial charge < -0.3 is 5.32 Å². The zero-order chi connectivity index (χ0) is 18.3. The number of rotatable bonds is 3. The van der Waals surface area contributed by atoms with E-state index in [0.717, 1.165) is 11.1 Å². The average molecular weight is 345 g/mol. The van der Waals surface area contributed by atoms with Crippen LogP contribution in [0, 0.1) is 23.2 Å². The van der Waals surface area contributed by atoms with Gasteiger partial charge in [0.15, 0.2) is 0 Å². The standard InChI is InChI=1S/C21H19N3O2/c1-13-17-18(19(23-13)16-9-7-14(11-22)8-10-16)21(26)24(20(17)25)12-15-5-3-2-4-6-15/h2-10,13,17-19,23H,12H2,1H3. The minimum absolute atomic E-state index is 0.0714. The fourth-order valence-corrected chi connectivity index (χ4v) is 4.13. The van der Waals surface area contributed by atoms with E-state index in [4.69, 9.17) is 5.26 Å². The molecule has 0 radical (unpaired) electrons. The predicted molar refractivity (Wildman–Crippen MR) is 95.5 cm³/mol. The third kappa shape index (κ3) is 2.59. The zero-order valence-electron chi connectivity index (χ0n) is 14.4. The van der Waals surface area contributed by atoms with Gasteiger partial charge in [0.2, 0.25) is 11.8 Å². The molecule has 2 amide bonds. The number of imide groups is 1. The average Bonchev–Trinajstić information content (AvgIpc) is 3.14. The number of hydrogen-bond donors (Lipinski definition) is 1. The molecule has 2 aliphatic rings. The van der Waals surface area contributed by atoms with Crippen LogP contribution in [-0.4, -0.2) is 22.8 Å². The summed E-state index contributed by atoms with van der Waals surface area (Å²) in [5.74, 6) is -0.948. The second-order valence-electron chi connectivity index (χ2n) is 6.97.